The molecule has 0 bridgehead atoms. The summed E-state index contributed by atoms with van der Waals surface area (Å²) in [5.41, 5.74) is 16.2. The summed E-state index contributed by atoms with van der Waals surface area (Å²) < 4.78 is 9.32. The topological polar surface area (TPSA) is 150 Å². The van der Waals surface area contributed by atoms with Crippen molar-refractivity contribution in [3.8, 4) is 0 Å². The standard InChI is InChI=1S/C8H12N6O4/c1-5(11-13-9)7(15)17-3-4-18-8(16)6(2)12-14-10/h5-6H,3-4H2,1-2H3. The molecule has 0 amide bonds. The maximum absolute atomic E-state index is 11.1. The maximum atomic E-state index is 11.1. The molecule has 0 saturated carbocycles. The zero-order valence-corrected chi connectivity index (χ0v) is 9.89. The van der Waals surface area contributed by atoms with Crippen molar-refractivity contribution >= 4 is 11.9 Å². The van der Waals surface area contributed by atoms with E-state index in [0.29, 0.717) is 0 Å². The van der Waals surface area contributed by atoms with Crippen LogP contribution >= 0.6 is 0 Å². The van der Waals surface area contributed by atoms with Crippen molar-refractivity contribution in [2.75, 3.05) is 13.2 Å². The molecule has 0 fully saturated rings. The number of rotatable bonds is 7. The minimum Gasteiger partial charge on any atom is -0.462 e. The fourth-order valence-electron chi connectivity index (χ4n) is 0.775. The average Bonchev–Trinajstić information content (AvgIpc) is 2.34. The summed E-state index contributed by atoms with van der Waals surface area (Å²) in [4.78, 5) is 27.1. The molecule has 98 valence electrons. The fourth-order valence-corrected chi connectivity index (χ4v) is 0.775. The molecule has 2 atom stereocenters. The van der Waals surface area contributed by atoms with Crippen LogP contribution in [0.4, 0.5) is 0 Å². The first kappa shape index (κ1) is 15.6. The van der Waals surface area contributed by atoms with Crippen molar-refractivity contribution in [1.29, 1.82) is 0 Å². The van der Waals surface area contributed by atoms with Gasteiger partial charge in [-0.3, -0.25) is 9.59 Å². The molecule has 0 rings (SSSR count). The van der Waals surface area contributed by atoms with Crippen LogP contribution < -0.4 is 0 Å². The molecule has 2 unspecified atom stereocenters. The van der Waals surface area contributed by atoms with Crippen LogP contribution in [0.25, 0.3) is 20.9 Å². The van der Waals surface area contributed by atoms with Crippen LogP contribution in [-0.4, -0.2) is 37.2 Å². The van der Waals surface area contributed by atoms with Crippen molar-refractivity contribution in [3.63, 3.8) is 0 Å². The predicted octanol–water partition coefficient (Wildman–Crippen LogP) is 1.47. The number of carbonyl (C=O) groups excluding carboxylic acids is 2. The number of esters is 2. The zero-order chi connectivity index (χ0) is 14.0. The van der Waals surface area contributed by atoms with Gasteiger partial charge >= 0.3 is 11.9 Å². The Kier molecular flexibility index (Phi) is 7.51. The molecule has 10 heteroatoms. The quantitative estimate of drug-likeness (QED) is 0.222. The van der Waals surface area contributed by atoms with Gasteiger partial charge in [0.25, 0.3) is 0 Å². The van der Waals surface area contributed by atoms with Crippen LogP contribution in [0, 0.1) is 0 Å². The second-order valence-electron chi connectivity index (χ2n) is 3.10. The molecule has 0 N–H and O–H groups in total. The fraction of sp³-hybridized carbons (Fsp3) is 0.750. The third-order valence-electron chi connectivity index (χ3n) is 1.70. The van der Waals surface area contributed by atoms with Crippen LogP contribution in [0.5, 0.6) is 0 Å². The minimum absolute atomic E-state index is 0.168. The van der Waals surface area contributed by atoms with E-state index in [-0.39, 0.29) is 13.2 Å². The Morgan fingerprint density at radius 3 is 1.61 bits per heavy atom. The molecule has 0 spiro atoms. The first-order chi connectivity index (χ1) is 8.52. The highest BCUT2D eigenvalue weighted by Crippen LogP contribution is 1.96. The number of hydrogen-bond acceptors (Lipinski definition) is 6. The van der Waals surface area contributed by atoms with Gasteiger partial charge in [0.1, 0.15) is 25.3 Å². The van der Waals surface area contributed by atoms with Crippen LogP contribution in [0.15, 0.2) is 10.2 Å². The lowest BCUT2D eigenvalue weighted by Gasteiger charge is -2.08. The lowest BCUT2D eigenvalue weighted by atomic mass is 10.4. The van der Waals surface area contributed by atoms with E-state index in [1.54, 1.807) is 0 Å². The number of nitrogens with zero attached hydrogens (tertiary/aromatic N) is 6. The van der Waals surface area contributed by atoms with E-state index in [2.05, 4.69) is 29.5 Å². The second kappa shape index (κ2) is 8.68. The summed E-state index contributed by atoms with van der Waals surface area (Å²) in [5.74, 6) is -1.43. The lowest BCUT2D eigenvalue weighted by Crippen LogP contribution is -2.23. The number of hydrogen-bond donors (Lipinski definition) is 0. The Morgan fingerprint density at radius 2 is 1.33 bits per heavy atom. The molecular weight excluding hydrogens is 244 g/mol. The summed E-state index contributed by atoms with van der Waals surface area (Å²) in [6.45, 7) is 2.41. The highest BCUT2D eigenvalue weighted by Gasteiger charge is 2.14. The summed E-state index contributed by atoms with van der Waals surface area (Å²) in [5, 5.41) is 6.27. The highest BCUT2D eigenvalue weighted by molar-refractivity contribution is 5.76. The van der Waals surface area contributed by atoms with E-state index in [4.69, 9.17) is 11.1 Å². The molecule has 18 heavy (non-hydrogen) atoms. The Labute approximate surface area is 102 Å². The van der Waals surface area contributed by atoms with Gasteiger partial charge in [-0.05, 0) is 24.9 Å². The van der Waals surface area contributed by atoms with Gasteiger partial charge in [0.2, 0.25) is 0 Å². The van der Waals surface area contributed by atoms with Gasteiger partial charge < -0.3 is 9.47 Å². The van der Waals surface area contributed by atoms with E-state index in [1.807, 2.05) is 0 Å². The monoisotopic (exact) mass is 256 g/mol. The van der Waals surface area contributed by atoms with Crippen molar-refractivity contribution in [3.05, 3.63) is 20.9 Å². The van der Waals surface area contributed by atoms with Crippen LogP contribution in [0.2, 0.25) is 0 Å². The zero-order valence-electron chi connectivity index (χ0n) is 9.89. The summed E-state index contributed by atoms with van der Waals surface area (Å²) in [6, 6.07) is -1.87. The Morgan fingerprint density at radius 1 is 1.00 bits per heavy atom. The number of ether oxygens (including phenoxy) is 2. The summed E-state index contributed by atoms with van der Waals surface area (Å²) in [6.07, 6.45) is 0. The van der Waals surface area contributed by atoms with Crippen LogP contribution in [0.3, 0.4) is 0 Å². The molecule has 0 saturated heterocycles. The molecule has 0 aromatic carbocycles. The van der Waals surface area contributed by atoms with Crippen molar-refractivity contribution in [2.45, 2.75) is 25.9 Å². The number of carbonyl (C=O) groups is 2. The molecular formula is C8H12N6O4. The average molecular weight is 256 g/mol. The minimum atomic E-state index is -0.937. The van der Waals surface area contributed by atoms with E-state index in [0.717, 1.165) is 0 Å². The third kappa shape index (κ3) is 6.21. The SMILES string of the molecule is CC(N=[N+]=[N-])C(=O)OCCOC(=O)C(C)N=[N+]=[N-]. The second-order valence-corrected chi connectivity index (χ2v) is 3.10. The van der Waals surface area contributed by atoms with Crippen molar-refractivity contribution < 1.29 is 19.1 Å². The summed E-state index contributed by atoms with van der Waals surface area (Å²) in [7, 11) is 0. The molecule has 0 aromatic heterocycles. The molecule has 10 nitrogen and oxygen atoms in total. The van der Waals surface area contributed by atoms with Crippen LogP contribution in [-0.2, 0) is 19.1 Å². The Bertz CT molecular complexity index is 360. The number of azide groups is 2. The first-order valence-electron chi connectivity index (χ1n) is 4.94. The summed E-state index contributed by atoms with van der Waals surface area (Å²) >= 11 is 0. The smallest absolute Gasteiger partial charge is 0.314 e. The van der Waals surface area contributed by atoms with Crippen molar-refractivity contribution in [2.24, 2.45) is 10.2 Å². The molecule has 0 aromatic rings. The van der Waals surface area contributed by atoms with Gasteiger partial charge in [-0.2, -0.15) is 0 Å². The highest BCUT2D eigenvalue weighted by atomic mass is 16.6. The molecule has 0 aliphatic carbocycles. The Balaban J connectivity index is 3.87. The first-order valence-corrected chi connectivity index (χ1v) is 4.94. The van der Waals surface area contributed by atoms with E-state index >= 15 is 0 Å². The van der Waals surface area contributed by atoms with Gasteiger partial charge in [0, 0.05) is 9.82 Å². The third-order valence-corrected chi connectivity index (χ3v) is 1.70. The van der Waals surface area contributed by atoms with Gasteiger partial charge in [0.05, 0.1) is 0 Å². The largest absolute Gasteiger partial charge is 0.462 e. The van der Waals surface area contributed by atoms with E-state index < -0.39 is 24.0 Å². The molecule has 0 aliphatic rings. The lowest BCUT2D eigenvalue weighted by molar-refractivity contribution is -0.153. The van der Waals surface area contributed by atoms with Crippen LogP contribution in [0.1, 0.15) is 13.8 Å². The van der Waals surface area contributed by atoms with E-state index in [9.17, 15) is 9.59 Å². The normalized spacial score (nSPS) is 12.3. The molecule has 0 aliphatic heterocycles. The Hall–Kier alpha value is -2.44. The predicted molar refractivity (Wildman–Crippen MR) is 59.1 cm³/mol. The van der Waals surface area contributed by atoms with Gasteiger partial charge in [-0.25, -0.2) is 0 Å². The molecule has 0 radical (unpaired) electrons. The van der Waals surface area contributed by atoms with E-state index in [1.165, 1.54) is 13.8 Å². The maximum Gasteiger partial charge on any atom is 0.314 e. The van der Waals surface area contributed by atoms with Gasteiger partial charge in [-0.15, -0.1) is 0 Å². The van der Waals surface area contributed by atoms with Gasteiger partial charge in [0.15, 0.2) is 0 Å². The van der Waals surface area contributed by atoms with Crippen molar-refractivity contribution in [1.82, 2.24) is 0 Å². The van der Waals surface area contributed by atoms with Gasteiger partial charge in [-0.1, -0.05) is 10.2 Å². The molecule has 0 heterocycles.